The minimum Gasteiger partial charge on any atom is -0.359 e. The highest BCUT2D eigenvalue weighted by Gasteiger charge is 2.05. The van der Waals surface area contributed by atoms with E-state index >= 15 is 0 Å². The molecule has 0 fully saturated rings. The van der Waals surface area contributed by atoms with Crippen LogP contribution in [0.15, 0.2) is 45.3 Å². The van der Waals surface area contributed by atoms with Crippen LogP contribution in [-0.2, 0) is 6.54 Å². The molecule has 0 unspecified atom stereocenters. The predicted molar refractivity (Wildman–Crippen MR) is 61.7 cm³/mol. The average Bonchev–Trinajstić information content (AvgIpc) is 2.93. The van der Waals surface area contributed by atoms with Crippen molar-refractivity contribution in [3.63, 3.8) is 0 Å². The minimum atomic E-state index is 0.00940. The standard InChI is InChI=1S/C11H8N2O2S/c14-11-9-3-6-16-10(9)2-5-13(11)7-8-1-4-12-15-8/h1-6H,7H2. The third-order valence-electron chi connectivity index (χ3n) is 2.41. The lowest BCUT2D eigenvalue weighted by Gasteiger charge is -2.01. The molecule has 0 spiro atoms. The van der Waals surface area contributed by atoms with Gasteiger partial charge in [-0.1, -0.05) is 5.16 Å². The van der Waals surface area contributed by atoms with Crippen molar-refractivity contribution in [2.45, 2.75) is 6.54 Å². The third-order valence-corrected chi connectivity index (χ3v) is 3.29. The van der Waals surface area contributed by atoms with Gasteiger partial charge in [-0.15, -0.1) is 11.3 Å². The van der Waals surface area contributed by atoms with Crippen LogP contribution in [-0.4, -0.2) is 9.72 Å². The Bertz CT molecular complexity index is 667. The van der Waals surface area contributed by atoms with E-state index in [1.807, 2.05) is 17.5 Å². The van der Waals surface area contributed by atoms with Gasteiger partial charge in [0, 0.05) is 17.0 Å². The van der Waals surface area contributed by atoms with Crippen molar-refractivity contribution in [1.29, 1.82) is 0 Å². The molecule has 4 nitrogen and oxygen atoms in total. The van der Waals surface area contributed by atoms with Crippen molar-refractivity contribution in [3.05, 3.63) is 52.1 Å². The van der Waals surface area contributed by atoms with Crippen LogP contribution in [0.25, 0.3) is 10.1 Å². The van der Waals surface area contributed by atoms with Crippen molar-refractivity contribution < 1.29 is 4.52 Å². The topological polar surface area (TPSA) is 48.0 Å². The highest BCUT2D eigenvalue weighted by molar-refractivity contribution is 7.17. The first-order valence-electron chi connectivity index (χ1n) is 4.81. The quantitative estimate of drug-likeness (QED) is 0.679. The first-order chi connectivity index (χ1) is 7.84. The first-order valence-corrected chi connectivity index (χ1v) is 5.69. The largest absolute Gasteiger partial charge is 0.359 e. The molecule has 0 radical (unpaired) electrons. The normalized spacial score (nSPS) is 11.0. The van der Waals surface area contributed by atoms with Crippen LogP contribution in [0.5, 0.6) is 0 Å². The number of aromatic nitrogens is 2. The van der Waals surface area contributed by atoms with Gasteiger partial charge in [0.2, 0.25) is 0 Å². The average molecular weight is 232 g/mol. The fourth-order valence-corrected chi connectivity index (χ4v) is 2.40. The van der Waals surface area contributed by atoms with Gasteiger partial charge in [-0.2, -0.15) is 0 Å². The summed E-state index contributed by atoms with van der Waals surface area (Å²) in [6.07, 6.45) is 3.35. The van der Waals surface area contributed by atoms with E-state index in [1.165, 1.54) is 0 Å². The number of rotatable bonds is 2. The molecule has 0 aliphatic heterocycles. The Morgan fingerprint density at radius 1 is 1.38 bits per heavy atom. The van der Waals surface area contributed by atoms with Crippen LogP contribution in [0, 0.1) is 0 Å². The van der Waals surface area contributed by atoms with Gasteiger partial charge >= 0.3 is 0 Å². The number of hydrogen-bond donors (Lipinski definition) is 0. The Labute approximate surface area is 94.7 Å². The van der Waals surface area contributed by atoms with Crippen molar-refractivity contribution in [1.82, 2.24) is 9.72 Å². The number of pyridine rings is 1. The smallest absolute Gasteiger partial charge is 0.259 e. The van der Waals surface area contributed by atoms with Crippen molar-refractivity contribution in [3.8, 4) is 0 Å². The molecule has 5 heteroatoms. The Balaban J connectivity index is 2.10. The van der Waals surface area contributed by atoms with Gasteiger partial charge in [0.25, 0.3) is 5.56 Å². The maximum absolute atomic E-state index is 12.0. The fourth-order valence-electron chi connectivity index (χ4n) is 1.62. The van der Waals surface area contributed by atoms with E-state index in [0.717, 1.165) is 10.1 Å². The zero-order valence-corrected chi connectivity index (χ0v) is 9.11. The molecule has 3 heterocycles. The van der Waals surface area contributed by atoms with Gasteiger partial charge in [0.15, 0.2) is 5.76 Å². The lowest BCUT2D eigenvalue weighted by molar-refractivity contribution is 0.375. The third kappa shape index (κ3) is 1.45. The van der Waals surface area contributed by atoms with Crippen LogP contribution >= 0.6 is 11.3 Å². The summed E-state index contributed by atoms with van der Waals surface area (Å²) in [5.74, 6) is 0.677. The molecule has 3 aromatic rings. The van der Waals surface area contributed by atoms with Gasteiger partial charge < -0.3 is 9.09 Å². The molecular weight excluding hydrogens is 224 g/mol. The number of hydrogen-bond acceptors (Lipinski definition) is 4. The highest BCUT2D eigenvalue weighted by Crippen LogP contribution is 2.16. The summed E-state index contributed by atoms with van der Waals surface area (Å²) in [6.45, 7) is 0.421. The highest BCUT2D eigenvalue weighted by atomic mass is 32.1. The van der Waals surface area contributed by atoms with E-state index in [-0.39, 0.29) is 5.56 Å². The Morgan fingerprint density at radius 2 is 2.31 bits per heavy atom. The zero-order chi connectivity index (χ0) is 11.0. The van der Waals surface area contributed by atoms with E-state index in [4.69, 9.17) is 4.52 Å². The number of nitrogens with zero attached hydrogens (tertiary/aromatic N) is 2. The predicted octanol–water partition coefficient (Wildman–Crippen LogP) is 2.10. The molecule has 80 valence electrons. The summed E-state index contributed by atoms with van der Waals surface area (Å²) >= 11 is 1.57. The van der Waals surface area contributed by atoms with Gasteiger partial charge in [0.05, 0.1) is 18.1 Å². The molecule has 0 aliphatic carbocycles. The maximum Gasteiger partial charge on any atom is 0.259 e. The molecule has 3 rings (SSSR count). The lowest BCUT2D eigenvalue weighted by Crippen LogP contribution is -2.19. The van der Waals surface area contributed by atoms with Crippen molar-refractivity contribution in [2.75, 3.05) is 0 Å². The van der Waals surface area contributed by atoms with Crippen LogP contribution in [0.3, 0.4) is 0 Å². The van der Waals surface area contributed by atoms with Gasteiger partial charge in [-0.25, -0.2) is 0 Å². The molecule has 0 N–H and O–H groups in total. The molecule has 0 aliphatic rings. The van der Waals surface area contributed by atoms with E-state index < -0.39 is 0 Å². The Hall–Kier alpha value is -1.88. The second kappa shape index (κ2) is 3.61. The van der Waals surface area contributed by atoms with E-state index in [9.17, 15) is 4.79 Å². The van der Waals surface area contributed by atoms with Crippen LogP contribution in [0.1, 0.15) is 5.76 Å². The SMILES string of the molecule is O=c1c2ccsc2ccn1Cc1ccno1. The molecule has 0 atom stereocenters. The van der Waals surface area contributed by atoms with Crippen LogP contribution in [0.2, 0.25) is 0 Å². The monoisotopic (exact) mass is 232 g/mol. The minimum absolute atomic E-state index is 0.00940. The van der Waals surface area contributed by atoms with Gasteiger partial charge in [-0.05, 0) is 17.5 Å². The fraction of sp³-hybridized carbons (Fsp3) is 0.0909. The molecule has 0 saturated heterocycles. The second-order valence-electron chi connectivity index (χ2n) is 3.43. The lowest BCUT2D eigenvalue weighted by atomic mass is 10.3. The number of fused-ring (bicyclic) bond motifs is 1. The molecule has 16 heavy (non-hydrogen) atoms. The van der Waals surface area contributed by atoms with Crippen molar-refractivity contribution in [2.24, 2.45) is 0 Å². The molecule has 0 saturated carbocycles. The summed E-state index contributed by atoms with van der Waals surface area (Å²) < 4.78 is 7.61. The second-order valence-corrected chi connectivity index (χ2v) is 4.37. The summed E-state index contributed by atoms with van der Waals surface area (Å²) in [6, 6.07) is 5.54. The molecule has 0 amide bonds. The van der Waals surface area contributed by atoms with E-state index in [2.05, 4.69) is 5.16 Å². The summed E-state index contributed by atoms with van der Waals surface area (Å²) in [7, 11) is 0. The van der Waals surface area contributed by atoms with Gasteiger partial charge in [0.1, 0.15) is 0 Å². The number of thiophene rings is 1. The van der Waals surface area contributed by atoms with Crippen LogP contribution < -0.4 is 5.56 Å². The maximum atomic E-state index is 12.0. The zero-order valence-electron chi connectivity index (χ0n) is 8.29. The molecular formula is C11H8N2O2S. The first kappa shape index (κ1) is 9.35. The van der Waals surface area contributed by atoms with Gasteiger partial charge in [-0.3, -0.25) is 4.79 Å². The van der Waals surface area contributed by atoms with Crippen LogP contribution in [0.4, 0.5) is 0 Å². The Kier molecular flexibility index (Phi) is 2.11. The van der Waals surface area contributed by atoms with E-state index in [0.29, 0.717) is 12.3 Å². The molecule has 3 aromatic heterocycles. The van der Waals surface area contributed by atoms with E-state index in [1.54, 1.807) is 34.4 Å². The summed E-state index contributed by atoms with van der Waals surface area (Å²) in [5, 5.41) is 6.29. The summed E-state index contributed by atoms with van der Waals surface area (Å²) in [4.78, 5) is 12.0. The molecule has 0 aromatic carbocycles. The van der Waals surface area contributed by atoms with Crippen molar-refractivity contribution >= 4 is 21.4 Å². The Morgan fingerprint density at radius 3 is 3.12 bits per heavy atom. The summed E-state index contributed by atoms with van der Waals surface area (Å²) in [5.41, 5.74) is 0.00940. The molecule has 0 bridgehead atoms.